The molecular weight excluding hydrogens is 432 g/mol. The van der Waals surface area contributed by atoms with E-state index in [1.807, 2.05) is 49.4 Å². The Morgan fingerprint density at radius 1 is 1.06 bits per heavy atom. The first-order chi connectivity index (χ1) is 16.5. The summed E-state index contributed by atoms with van der Waals surface area (Å²) in [5, 5.41) is 8.54. The Labute approximate surface area is 197 Å². The summed E-state index contributed by atoms with van der Waals surface area (Å²) in [5.74, 6) is 1.00. The van der Waals surface area contributed by atoms with E-state index in [4.69, 9.17) is 9.47 Å². The van der Waals surface area contributed by atoms with E-state index < -0.39 is 0 Å². The van der Waals surface area contributed by atoms with Gasteiger partial charge in [-0.2, -0.15) is 5.10 Å². The molecule has 1 unspecified atom stereocenters. The van der Waals surface area contributed by atoms with E-state index in [9.17, 15) is 9.59 Å². The van der Waals surface area contributed by atoms with Crippen molar-refractivity contribution in [2.75, 3.05) is 7.11 Å². The van der Waals surface area contributed by atoms with Gasteiger partial charge in [0, 0.05) is 24.8 Å². The predicted molar refractivity (Wildman–Crippen MR) is 129 cm³/mol. The maximum Gasteiger partial charge on any atom is 0.274 e. The Kier molecular flexibility index (Phi) is 6.87. The first-order valence-corrected chi connectivity index (χ1v) is 10.9. The lowest BCUT2D eigenvalue weighted by Crippen LogP contribution is -2.30. The zero-order valence-electron chi connectivity index (χ0n) is 19.3. The molecule has 0 aliphatic carbocycles. The molecule has 0 radical (unpaired) electrons. The van der Waals surface area contributed by atoms with Crippen LogP contribution in [0.25, 0.3) is 10.8 Å². The van der Waals surface area contributed by atoms with Gasteiger partial charge in [-0.05, 0) is 48.4 Å². The number of fused-ring (bicyclic) bond motifs is 1. The number of pyridine rings is 1. The topological polar surface area (TPSA) is 95.3 Å². The van der Waals surface area contributed by atoms with E-state index in [-0.39, 0.29) is 23.9 Å². The van der Waals surface area contributed by atoms with Gasteiger partial charge in [0.2, 0.25) is 5.91 Å². The van der Waals surface area contributed by atoms with Crippen molar-refractivity contribution in [3.05, 3.63) is 94.2 Å². The number of nitrogens with one attached hydrogen (secondary N) is 1. The molecule has 2 aromatic carbocycles. The molecule has 1 atom stereocenters. The van der Waals surface area contributed by atoms with Gasteiger partial charge >= 0.3 is 0 Å². The molecule has 0 bridgehead atoms. The van der Waals surface area contributed by atoms with Crippen molar-refractivity contribution in [3.63, 3.8) is 0 Å². The average molecular weight is 459 g/mol. The fourth-order valence-electron chi connectivity index (χ4n) is 3.75. The summed E-state index contributed by atoms with van der Waals surface area (Å²) < 4.78 is 12.7. The van der Waals surface area contributed by atoms with Crippen LogP contribution in [-0.4, -0.2) is 27.8 Å². The predicted octanol–water partition coefficient (Wildman–Crippen LogP) is 3.34. The molecule has 1 N–H and O–H groups in total. The molecule has 34 heavy (non-hydrogen) atoms. The van der Waals surface area contributed by atoms with Gasteiger partial charge in [0.05, 0.1) is 30.7 Å². The largest absolute Gasteiger partial charge is 0.493 e. The molecule has 0 saturated heterocycles. The zero-order valence-corrected chi connectivity index (χ0v) is 19.3. The number of nitrogens with zero attached hydrogens (tertiary/aromatic N) is 3. The summed E-state index contributed by atoms with van der Waals surface area (Å²) in [7, 11) is 3.17. The van der Waals surface area contributed by atoms with Crippen LogP contribution in [0.1, 0.15) is 29.8 Å². The summed E-state index contributed by atoms with van der Waals surface area (Å²) >= 11 is 0. The Morgan fingerprint density at radius 2 is 1.79 bits per heavy atom. The number of benzene rings is 2. The van der Waals surface area contributed by atoms with E-state index in [1.54, 1.807) is 38.7 Å². The quantitative estimate of drug-likeness (QED) is 0.435. The number of carbonyl (C=O) groups excluding carboxylic acids is 1. The van der Waals surface area contributed by atoms with Gasteiger partial charge in [-0.1, -0.05) is 24.3 Å². The van der Waals surface area contributed by atoms with Crippen LogP contribution in [0.5, 0.6) is 11.5 Å². The van der Waals surface area contributed by atoms with Crippen LogP contribution in [0.15, 0.2) is 71.8 Å². The molecule has 4 aromatic rings. The zero-order chi connectivity index (χ0) is 24.1. The molecule has 1 amide bonds. The molecule has 0 aliphatic heterocycles. The average Bonchev–Trinajstić information content (AvgIpc) is 2.86. The van der Waals surface area contributed by atoms with Crippen molar-refractivity contribution < 1.29 is 14.3 Å². The van der Waals surface area contributed by atoms with Crippen molar-refractivity contribution in [2.24, 2.45) is 7.05 Å². The van der Waals surface area contributed by atoms with Gasteiger partial charge < -0.3 is 14.8 Å². The van der Waals surface area contributed by atoms with Crippen molar-refractivity contribution in [1.82, 2.24) is 20.1 Å². The van der Waals surface area contributed by atoms with Gasteiger partial charge in [-0.15, -0.1) is 0 Å². The number of rotatable bonds is 8. The number of amides is 1. The lowest BCUT2D eigenvalue weighted by molar-refractivity contribution is -0.121. The molecule has 0 spiro atoms. The van der Waals surface area contributed by atoms with Gasteiger partial charge in [0.25, 0.3) is 5.56 Å². The van der Waals surface area contributed by atoms with Crippen LogP contribution in [0.2, 0.25) is 0 Å². The summed E-state index contributed by atoms with van der Waals surface area (Å²) in [5.41, 5.74) is 2.24. The lowest BCUT2D eigenvalue weighted by atomic mass is 10.1. The second-order valence-corrected chi connectivity index (χ2v) is 7.94. The standard InChI is InChI=1S/C26H26N4O4/c1-17(19-8-9-23(24(14-19)33-3)34-16-18-10-12-27-13-11-18)28-25(31)15-22-20-6-4-5-7-21(20)26(32)30(2)29-22/h4-14,17H,15-16H2,1-3H3,(H,28,31). The third kappa shape index (κ3) is 5.06. The molecule has 2 aromatic heterocycles. The summed E-state index contributed by atoms with van der Waals surface area (Å²) in [6.07, 6.45) is 3.50. The fraction of sp³-hybridized carbons (Fsp3) is 0.231. The summed E-state index contributed by atoms with van der Waals surface area (Å²) in [6, 6.07) is 16.3. The number of carbonyl (C=O) groups is 1. The molecule has 8 heteroatoms. The molecule has 0 aliphatic rings. The van der Waals surface area contributed by atoms with E-state index in [1.165, 1.54) is 4.68 Å². The number of hydrogen-bond acceptors (Lipinski definition) is 6. The van der Waals surface area contributed by atoms with Gasteiger partial charge in [-0.3, -0.25) is 14.6 Å². The van der Waals surface area contributed by atoms with Gasteiger partial charge in [0.1, 0.15) is 6.61 Å². The third-order valence-corrected chi connectivity index (χ3v) is 5.57. The fourth-order valence-corrected chi connectivity index (χ4v) is 3.75. The van der Waals surface area contributed by atoms with E-state index in [0.29, 0.717) is 34.6 Å². The molecule has 4 rings (SSSR count). The highest BCUT2D eigenvalue weighted by molar-refractivity contribution is 5.88. The molecule has 174 valence electrons. The van der Waals surface area contributed by atoms with Crippen molar-refractivity contribution in [2.45, 2.75) is 26.0 Å². The van der Waals surface area contributed by atoms with E-state index >= 15 is 0 Å². The first-order valence-electron chi connectivity index (χ1n) is 10.9. The number of hydrogen-bond donors (Lipinski definition) is 1. The summed E-state index contributed by atoms with van der Waals surface area (Å²) in [4.78, 5) is 29.1. The van der Waals surface area contributed by atoms with Crippen LogP contribution in [0.4, 0.5) is 0 Å². The Bertz CT molecular complexity index is 1370. The van der Waals surface area contributed by atoms with Crippen molar-refractivity contribution >= 4 is 16.7 Å². The normalized spacial score (nSPS) is 11.7. The molecule has 2 heterocycles. The van der Waals surface area contributed by atoms with Crippen LogP contribution in [-0.2, 0) is 24.9 Å². The second kappa shape index (κ2) is 10.2. The van der Waals surface area contributed by atoms with E-state index in [2.05, 4.69) is 15.4 Å². The minimum absolute atomic E-state index is 0.0588. The SMILES string of the molecule is COc1cc(C(C)NC(=O)Cc2nn(C)c(=O)c3ccccc23)ccc1OCc1ccncc1. The first kappa shape index (κ1) is 23.0. The minimum atomic E-state index is -0.269. The Balaban J connectivity index is 1.46. The Hall–Kier alpha value is -4.20. The Morgan fingerprint density at radius 3 is 2.53 bits per heavy atom. The highest BCUT2D eigenvalue weighted by atomic mass is 16.5. The minimum Gasteiger partial charge on any atom is -0.493 e. The molecule has 8 nitrogen and oxygen atoms in total. The highest BCUT2D eigenvalue weighted by Crippen LogP contribution is 2.31. The van der Waals surface area contributed by atoms with Crippen LogP contribution in [0.3, 0.4) is 0 Å². The second-order valence-electron chi connectivity index (χ2n) is 7.94. The highest BCUT2D eigenvalue weighted by Gasteiger charge is 2.16. The van der Waals surface area contributed by atoms with Crippen LogP contribution in [0, 0.1) is 0 Å². The van der Waals surface area contributed by atoms with Crippen molar-refractivity contribution in [3.8, 4) is 11.5 Å². The molecular formula is C26H26N4O4. The van der Waals surface area contributed by atoms with Gasteiger partial charge in [0.15, 0.2) is 11.5 Å². The smallest absolute Gasteiger partial charge is 0.274 e. The van der Waals surface area contributed by atoms with Crippen LogP contribution >= 0.6 is 0 Å². The molecule has 0 saturated carbocycles. The van der Waals surface area contributed by atoms with Crippen molar-refractivity contribution in [1.29, 1.82) is 0 Å². The number of ether oxygens (including phenoxy) is 2. The number of methoxy groups -OCH3 is 1. The molecule has 0 fully saturated rings. The lowest BCUT2D eigenvalue weighted by Gasteiger charge is -2.17. The monoisotopic (exact) mass is 458 g/mol. The number of aromatic nitrogens is 3. The summed E-state index contributed by atoms with van der Waals surface area (Å²) in [6.45, 7) is 2.29. The maximum absolute atomic E-state index is 12.8. The van der Waals surface area contributed by atoms with Gasteiger partial charge in [-0.25, -0.2) is 4.68 Å². The number of aryl methyl sites for hydroxylation is 1. The van der Waals surface area contributed by atoms with E-state index in [0.717, 1.165) is 11.1 Å². The maximum atomic E-state index is 12.8. The third-order valence-electron chi connectivity index (χ3n) is 5.57. The van der Waals surface area contributed by atoms with Crippen LogP contribution < -0.4 is 20.3 Å².